The van der Waals surface area contributed by atoms with E-state index in [4.69, 9.17) is 14.8 Å². The van der Waals surface area contributed by atoms with Gasteiger partial charge in [-0.25, -0.2) is 14.7 Å². The Bertz CT molecular complexity index is 1160. The highest BCUT2D eigenvalue weighted by molar-refractivity contribution is 7.80. The van der Waals surface area contributed by atoms with Crippen LogP contribution < -0.4 is 16.0 Å². The van der Waals surface area contributed by atoms with Crippen LogP contribution >= 0.6 is 11.3 Å². The van der Waals surface area contributed by atoms with Gasteiger partial charge in [-0.1, -0.05) is 19.1 Å². The average molecular weight is 505 g/mol. The van der Waals surface area contributed by atoms with E-state index in [1.165, 1.54) is 11.3 Å². The molecule has 10 heteroatoms. The van der Waals surface area contributed by atoms with Crippen LogP contribution in [0.2, 0.25) is 0 Å². The van der Waals surface area contributed by atoms with Gasteiger partial charge in [0.15, 0.2) is 0 Å². The van der Waals surface area contributed by atoms with E-state index < -0.39 is 17.2 Å². The third-order valence-electron chi connectivity index (χ3n) is 5.79. The topological polar surface area (TPSA) is 119 Å². The highest BCUT2D eigenvalue weighted by Crippen LogP contribution is 2.32. The van der Waals surface area contributed by atoms with Crippen molar-refractivity contribution in [2.24, 2.45) is 16.6 Å². The number of hydrogen-bond acceptors (Lipinski definition) is 7. The third kappa shape index (κ3) is 6.12. The van der Waals surface area contributed by atoms with Gasteiger partial charge in [-0.15, -0.1) is 11.3 Å². The van der Waals surface area contributed by atoms with E-state index in [1.54, 1.807) is 7.11 Å². The number of benzene rings is 2. The Balaban J connectivity index is 1.47. The van der Waals surface area contributed by atoms with Crippen LogP contribution in [0.3, 0.4) is 0 Å². The molecule has 0 bridgehead atoms. The maximum atomic E-state index is 12.7. The van der Waals surface area contributed by atoms with Crippen LogP contribution in [0.4, 0.5) is 0 Å². The van der Waals surface area contributed by atoms with Crippen molar-refractivity contribution < 1.29 is 18.3 Å². The second-order valence-electron chi connectivity index (χ2n) is 8.25. The molecule has 4 N–H and O–H groups in total. The first kappa shape index (κ1) is 26.1. The van der Waals surface area contributed by atoms with E-state index in [-0.39, 0.29) is 11.9 Å². The Morgan fingerprint density at radius 3 is 2.74 bits per heavy atom. The third-order valence-corrected chi connectivity index (χ3v) is 8.09. The molecule has 0 saturated carbocycles. The number of guanidine groups is 1. The van der Waals surface area contributed by atoms with E-state index in [0.29, 0.717) is 11.4 Å². The molecule has 0 saturated heterocycles. The minimum atomic E-state index is -1.76. The molecule has 0 aliphatic heterocycles. The molecule has 3 unspecified atom stereocenters. The number of rotatable bonds is 10. The number of aryl methyl sites for hydroxylation is 1. The number of hydrogen-bond donors (Lipinski definition) is 3. The summed E-state index contributed by atoms with van der Waals surface area (Å²) < 4.78 is 24.4. The summed E-state index contributed by atoms with van der Waals surface area (Å²) in [5, 5.41) is 11.4. The zero-order valence-electron chi connectivity index (χ0n) is 20.1. The number of aliphatic hydroxyl groups is 1. The summed E-state index contributed by atoms with van der Waals surface area (Å²) in [6, 6.07) is 9.70. The van der Waals surface area contributed by atoms with Crippen LogP contribution in [0, 0.1) is 26.7 Å². The molecular weight excluding hydrogens is 472 g/mol. The number of thiazole rings is 1. The van der Waals surface area contributed by atoms with Gasteiger partial charge in [0, 0.05) is 6.54 Å². The van der Waals surface area contributed by atoms with Crippen LogP contribution in [-0.4, -0.2) is 33.9 Å². The summed E-state index contributed by atoms with van der Waals surface area (Å²) in [6.07, 6.45) is 0.858. The fourth-order valence-electron chi connectivity index (χ4n) is 3.67. The molecule has 0 aliphatic carbocycles. The zero-order valence-corrected chi connectivity index (χ0v) is 21.8. The molecule has 1 aromatic heterocycles. The summed E-state index contributed by atoms with van der Waals surface area (Å²) in [5.41, 5.74) is 11.8. The molecule has 0 aliphatic rings. The van der Waals surface area contributed by atoms with Gasteiger partial charge in [-0.3, -0.25) is 4.99 Å². The number of methoxy groups -OCH3 is 1. The van der Waals surface area contributed by atoms with Crippen LogP contribution in [0.5, 0.6) is 5.75 Å². The largest absolute Gasteiger partial charge is 0.496 e. The number of hydroxylamine groups is 1. The van der Waals surface area contributed by atoms with E-state index in [2.05, 4.69) is 15.5 Å². The van der Waals surface area contributed by atoms with E-state index in [0.717, 1.165) is 50.5 Å². The number of aliphatic hydroxyl groups excluding tert-OH is 1. The minimum absolute atomic E-state index is 0.0259. The highest BCUT2D eigenvalue weighted by Gasteiger charge is 2.20. The van der Waals surface area contributed by atoms with Crippen molar-refractivity contribution in [2.75, 3.05) is 13.7 Å². The van der Waals surface area contributed by atoms with Crippen molar-refractivity contribution in [1.29, 1.82) is 0 Å². The molecule has 0 radical (unpaired) electrons. The number of nitrogens with zero attached hydrogens (tertiary/aromatic N) is 2. The second-order valence-corrected chi connectivity index (χ2v) is 10.4. The number of nitrogens with one attached hydrogen (secondary N) is 1. The molecule has 8 nitrogen and oxygen atoms in total. The van der Waals surface area contributed by atoms with Gasteiger partial charge >= 0.3 is 0 Å². The molecule has 184 valence electrons. The lowest BCUT2D eigenvalue weighted by molar-refractivity contribution is 0.112. The summed E-state index contributed by atoms with van der Waals surface area (Å²) >= 11 is -0.244. The van der Waals surface area contributed by atoms with Gasteiger partial charge in [0.25, 0.3) is 0 Å². The molecule has 3 atom stereocenters. The molecule has 0 spiro atoms. The Kier molecular flexibility index (Phi) is 9.01. The molecular formula is C24H32N4O4S2. The molecule has 3 rings (SSSR count). The van der Waals surface area contributed by atoms with Crippen molar-refractivity contribution in [3.63, 3.8) is 0 Å². The van der Waals surface area contributed by atoms with Gasteiger partial charge in [0.1, 0.15) is 16.9 Å². The SMILES string of the molecule is COc1cc(C)c(S(=O)ONC(N)=NCCCC(C)C(O)c2nc3ccccc3s2)c(C)c1C. The van der Waals surface area contributed by atoms with E-state index in [1.807, 2.05) is 58.0 Å². The van der Waals surface area contributed by atoms with E-state index >= 15 is 0 Å². The van der Waals surface area contributed by atoms with Crippen molar-refractivity contribution in [2.45, 2.75) is 51.5 Å². The summed E-state index contributed by atoms with van der Waals surface area (Å²) in [7, 11) is 1.61. The molecule has 0 amide bonds. The van der Waals surface area contributed by atoms with Gasteiger partial charge in [0.05, 0.1) is 22.2 Å². The molecule has 2 aromatic carbocycles. The van der Waals surface area contributed by atoms with E-state index in [9.17, 15) is 9.32 Å². The first-order valence-electron chi connectivity index (χ1n) is 11.1. The predicted molar refractivity (Wildman–Crippen MR) is 137 cm³/mol. The van der Waals surface area contributed by atoms with Gasteiger partial charge < -0.3 is 15.6 Å². The number of para-hydroxylation sites is 1. The lowest BCUT2D eigenvalue weighted by atomic mass is 9.99. The van der Waals surface area contributed by atoms with Crippen molar-refractivity contribution >= 4 is 38.6 Å². The van der Waals surface area contributed by atoms with Crippen LogP contribution in [0.1, 0.15) is 47.6 Å². The van der Waals surface area contributed by atoms with Crippen LogP contribution in [0.15, 0.2) is 40.2 Å². The van der Waals surface area contributed by atoms with Crippen LogP contribution in [-0.2, 0) is 15.4 Å². The van der Waals surface area contributed by atoms with Crippen molar-refractivity contribution in [3.05, 3.63) is 52.0 Å². The van der Waals surface area contributed by atoms with Crippen LogP contribution in [0.25, 0.3) is 10.2 Å². The predicted octanol–water partition coefficient (Wildman–Crippen LogP) is 4.24. The molecule has 34 heavy (non-hydrogen) atoms. The first-order valence-corrected chi connectivity index (χ1v) is 12.9. The number of aliphatic imine (C=N–C) groups is 1. The van der Waals surface area contributed by atoms with Gasteiger partial charge in [-0.2, -0.15) is 4.28 Å². The van der Waals surface area contributed by atoms with Gasteiger partial charge in [0.2, 0.25) is 17.0 Å². The quantitative estimate of drug-likeness (QED) is 0.164. The zero-order chi connectivity index (χ0) is 24.8. The second kappa shape index (κ2) is 11.7. The fraction of sp³-hybridized carbons (Fsp3) is 0.417. The maximum absolute atomic E-state index is 12.7. The molecule has 1 heterocycles. The Morgan fingerprint density at radius 2 is 2.03 bits per heavy atom. The Labute approximate surface area is 206 Å². The highest BCUT2D eigenvalue weighted by atomic mass is 32.2. The fourth-order valence-corrected chi connectivity index (χ4v) is 5.73. The monoisotopic (exact) mass is 504 g/mol. The number of aromatic nitrogens is 1. The molecule has 0 fully saturated rings. The number of ether oxygens (including phenoxy) is 1. The van der Waals surface area contributed by atoms with Gasteiger partial charge in [-0.05, 0) is 74.4 Å². The summed E-state index contributed by atoms with van der Waals surface area (Å²) in [5.74, 6) is 0.818. The Morgan fingerprint density at radius 1 is 1.29 bits per heavy atom. The normalized spacial score (nSPS) is 14.7. The summed E-state index contributed by atoms with van der Waals surface area (Å²) in [4.78, 5) is 9.35. The minimum Gasteiger partial charge on any atom is -0.496 e. The summed E-state index contributed by atoms with van der Waals surface area (Å²) in [6.45, 7) is 8.09. The van der Waals surface area contributed by atoms with Crippen molar-refractivity contribution in [1.82, 2.24) is 10.5 Å². The maximum Gasteiger partial charge on any atom is 0.214 e. The lowest BCUT2D eigenvalue weighted by Crippen LogP contribution is -2.32. The number of fused-ring (bicyclic) bond motifs is 1. The lowest BCUT2D eigenvalue weighted by Gasteiger charge is -2.16. The van der Waals surface area contributed by atoms with Crippen molar-refractivity contribution in [3.8, 4) is 5.75 Å². The first-order chi connectivity index (χ1) is 16.2. The standard InChI is InChI=1S/C24H32N4O4S2/c1-14(21(29)23-27-18-10-6-7-11-20(18)33-23)9-8-12-26-24(25)28-32-34(30)22-15(2)13-19(31-5)16(3)17(22)4/h6-7,10-11,13-14,21,29H,8-9,12H2,1-5H3,(H3,25,26,28). The Hall–Kier alpha value is -2.53. The number of nitrogens with two attached hydrogens (primary N) is 1. The smallest absolute Gasteiger partial charge is 0.214 e. The molecule has 3 aromatic rings. The average Bonchev–Trinajstić information content (AvgIpc) is 3.26.